The van der Waals surface area contributed by atoms with Crippen molar-refractivity contribution in [2.45, 2.75) is 25.7 Å². The summed E-state index contributed by atoms with van der Waals surface area (Å²) in [4.78, 5) is 34.7. The summed E-state index contributed by atoms with van der Waals surface area (Å²) >= 11 is 0. The summed E-state index contributed by atoms with van der Waals surface area (Å²) in [6.07, 6.45) is 5.83. The Kier molecular flexibility index (Phi) is 7.15. The number of carbonyl (C=O) groups is 2. The minimum atomic E-state index is -4.40. The van der Waals surface area contributed by atoms with E-state index in [4.69, 9.17) is 4.74 Å². The zero-order chi connectivity index (χ0) is 28.4. The van der Waals surface area contributed by atoms with Gasteiger partial charge in [-0.25, -0.2) is 13.2 Å². The van der Waals surface area contributed by atoms with E-state index in [-0.39, 0.29) is 21.9 Å². The van der Waals surface area contributed by atoms with Crippen LogP contribution in [-0.4, -0.2) is 30.3 Å². The molecule has 0 fully saturated rings. The topological polar surface area (TPSA) is 107 Å². The lowest BCUT2D eigenvalue weighted by molar-refractivity contribution is 0.0736. The van der Waals surface area contributed by atoms with Crippen LogP contribution in [0.3, 0.4) is 0 Å². The summed E-state index contributed by atoms with van der Waals surface area (Å²) in [6.45, 7) is 5.30. The van der Waals surface area contributed by atoms with Gasteiger partial charge >= 0.3 is 5.97 Å². The summed E-state index contributed by atoms with van der Waals surface area (Å²) in [5.41, 5.74) is 2.55. The minimum Gasteiger partial charge on any atom is -0.422 e. The molecule has 1 amide bonds. The lowest BCUT2D eigenvalue weighted by Gasteiger charge is -2.26. The molecule has 0 saturated carbocycles. The normalized spacial score (nSPS) is 11.3. The molecule has 200 valence electrons. The van der Waals surface area contributed by atoms with Crippen LogP contribution in [0, 0.1) is 20.8 Å². The quantitative estimate of drug-likeness (QED) is 0.194. The van der Waals surface area contributed by atoms with E-state index in [0.717, 1.165) is 9.87 Å². The van der Waals surface area contributed by atoms with E-state index < -0.39 is 21.9 Å². The third-order valence-corrected chi connectivity index (χ3v) is 8.42. The second-order valence-electron chi connectivity index (χ2n) is 9.29. The summed E-state index contributed by atoms with van der Waals surface area (Å²) in [5, 5.41) is 0.874. The number of carbonyl (C=O) groups excluding carboxylic acids is 2. The van der Waals surface area contributed by atoms with Crippen LogP contribution < -0.4 is 9.04 Å². The van der Waals surface area contributed by atoms with Gasteiger partial charge < -0.3 is 4.74 Å². The Bertz CT molecular complexity index is 1830. The summed E-state index contributed by atoms with van der Waals surface area (Å²) in [6, 6.07) is 19.4. The molecule has 0 N–H and O–H groups in total. The molecule has 40 heavy (non-hydrogen) atoms. The summed E-state index contributed by atoms with van der Waals surface area (Å²) in [5.74, 6) is -1.12. The molecule has 2 aromatic heterocycles. The fraction of sp³-hybridized carbons (Fsp3) is 0.0968. The van der Waals surface area contributed by atoms with E-state index in [0.29, 0.717) is 27.5 Å². The van der Waals surface area contributed by atoms with Crippen molar-refractivity contribution >= 4 is 38.4 Å². The molecule has 8 nitrogen and oxygen atoms in total. The van der Waals surface area contributed by atoms with E-state index >= 15 is 0 Å². The van der Waals surface area contributed by atoms with Crippen LogP contribution in [0.25, 0.3) is 10.8 Å². The number of amides is 1. The van der Waals surface area contributed by atoms with Crippen LogP contribution in [0.5, 0.6) is 5.75 Å². The van der Waals surface area contributed by atoms with Crippen molar-refractivity contribution < 1.29 is 22.7 Å². The molecular formula is C31H25N3O5S. The maximum atomic E-state index is 14.4. The SMILES string of the molecule is Cc1cc(C)c(S(=O)(=O)N(C(=O)c2ccncc2)c2ccc(OC(=O)c3ccncc3)c3ccccc23)c(C)c1. The van der Waals surface area contributed by atoms with Gasteiger partial charge in [0.25, 0.3) is 15.9 Å². The van der Waals surface area contributed by atoms with Crippen molar-refractivity contribution in [3.8, 4) is 5.75 Å². The summed E-state index contributed by atoms with van der Waals surface area (Å²) in [7, 11) is -4.40. The number of nitrogens with zero attached hydrogens (tertiary/aromatic N) is 3. The van der Waals surface area contributed by atoms with Gasteiger partial charge in [0.15, 0.2) is 0 Å². The molecule has 0 aliphatic heterocycles. The Hall–Kier alpha value is -4.89. The highest BCUT2D eigenvalue weighted by atomic mass is 32.2. The molecule has 3 aromatic carbocycles. The van der Waals surface area contributed by atoms with Gasteiger partial charge in [-0.15, -0.1) is 0 Å². The standard InChI is InChI=1S/C31H25N3O5S/c1-20-18-21(2)29(22(3)19-20)40(37,38)34(30(35)23-10-14-32-15-11-23)27-8-9-28(26-7-5-4-6-25(26)27)39-31(36)24-12-16-33-17-13-24/h4-19H,1-3H3. The van der Waals surface area contributed by atoms with Crippen molar-refractivity contribution in [3.63, 3.8) is 0 Å². The fourth-order valence-corrected chi connectivity index (χ4v) is 6.65. The van der Waals surface area contributed by atoms with Crippen molar-refractivity contribution in [2.24, 2.45) is 0 Å². The lowest BCUT2D eigenvalue weighted by atomic mass is 10.1. The molecule has 0 spiro atoms. The second kappa shape index (κ2) is 10.7. The van der Waals surface area contributed by atoms with E-state index in [2.05, 4.69) is 9.97 Å². The Morgan fingerprint density at radius 2 is 1.27 bits per heavy atom. The van der Waals surface area contributed by atoms with E-state index in [1.54, 1.807) is 50.2 Å². The van der Waals surface area contributed by atoms with E-state index in [1.165, 1.54) is 61.2 Å². The third kappa shape index (κ3) is 4.94. The molecule has 5 rings (SSSR count). The maximum absolute atomic E-state index is 14.4. The van der Waals surface area contributed by atoms with Gasteiger partial charge in [0, 0.05) is 41.1 Å². The van der Waals surface area contributed by atoms with Gasteiger partial charge in [0.1, 0.15) is 5.75 Å². The van der Waals surface area contributed by atoms with E-state index in [9.17, 15) is 18.0 Å². The highest BCUT2D eigenvalue weighted by Gasteiger charge is 2.35. The number of ether oxygens (including phenoxy) is 1. The average molecular weight is 552 g/mol. The first-order valence-electron chi connectivity index (χ1n) is 12.4. The first-order chi connectivity index (χ1) is 19.2. The number of aryl methyl sites for hydroxylation is 3. The first kappa shape index (κ1) is 26.7. The predicted molar refractivity (Wildman–Crippen MR) is 152 cm³/mol. The van der Waals surface area contributed by atoms with Gasteiger partial charge in [-0.1, -0.05) is 42.0 Å². The van der Waals surface area contributed by atoms with Crippen molar-refractivity contribution in [2.75, 3.05) is 4.31 Å². The van der Waals surface area contributed by atoms with Crippen molar-refractivity contribution in [1.29, 1.82) is 0 Å². The number of hydrogen-bond donors (Lipinski definition) is 0. The van der Waals surface area contributed by atoms with Crippen LogP contribution >= 0.6 is 0 Å². The van der Waals surface area contributed by atoms with Crippen LogP contribution in [0.15, 0.2) is 102 Å². The molecule has 0 aliphatic carbocycles. The number of pyridine rings is 2. The second-order valence-corrected chi connectivity index (χ2v) is 11.0. The number of rotatable bonds is 6. The fourth-order valence-electron chi connectivity index (χ4n) is 4.79. The highest BCUT2D eigenvalue weighted by molar-refractivity contribution is 7.93. The number of sulfonamides is 1. The minimum absolute atomic E-state index is 0.0535. The molecule has 0 saturated heterocycles. The van der Waals surface area contributed by atoms with Gasteiger partial charge in [0.05, 0.1) is 16.1 Å². The van der Waals surface area contributed by atoms with E-state index in [1.807, 2.05) is 6.92 Å². The summed E-state index contributed by atoms with van der Waals surface area (Å²) < 4.78 is 35.3. The van der Waals surface area contributed by atoms with Crippen molar-refractivity contribution in [1.82, 2.24) is 9.97 Å². The van der Waals surface area contributed by atoms with Crippen LogP contribution in [0.2, 0.25) is 0 Å². The van der Waals surface area contributed by atoms with Crippen LogP contribution in [-0.2, 0) is 10.0 Å². The highest BCUT2D eigenvalue weighted by Crippen LogP contribution is 2.38. The molecule has 5 aromatic rings. The first-order valence-corrected chi connectivity index (χ1v) is 13.8. The maximum Gasteiger partial charge on any atom is 0.343 e. The zero-order valence-electron chi connectivity index (χ0n) is 22.0. The van der Waals surface area contributed by atoms with Crippen LogP contribution in [0.1, 0.15) is 37.4 Å². The number of aromatic nitrogens is 2. The molecule has 9 heteroatoms. The molecule has 2 heterocycles. The number of fused-ring (bicyclic) bond motifs is 1. The number of benzene rings is 3. The Balaban J connectivity index is 1.71. The molecule has 0 unspecified atom stereocenters. The third-order valence-electron chi connectivity index (χ3n) is 6.41. The van der Waals surface area contributed by atoms with Gasteiger partial charge in [-0.05, 0) is 68.3 Å². The van der Waals surface area contributed by atoms with Gasteiger partial charge in [-0.3, -0.25) is 14.8 Å². The van der Waals surface area contributed by atoms with Crippen molar-refractivity contribution in [3.05, 3.63) is 125 Å². The smallest absolute Gasteiger partial charge is 0.343 e. The lowest BCUT2D eigenvalue weighted by Crippen LogP contribution is -2.38. The van der Waals surface area contributed by atoms with Gasteiger partial charge in [0.2, 0.25) is 0 Å². The average Bonchev–Trinajstić information content (AvgIpc) is 2.94. The van der Waals surface area contributed by atoms with Crippen LogP contribution in [0.4, 0.5) is 5.69 Å². The number of hydrogen-bond acceptors (Lipinski definition) is 7. The Morgan fingerprint density at radius 3 is 1.88 bits per heavy atom. The zero-order valence-corrected chi connectivity index (χ0v) is 22.8. The number of esters is 1. The Labute approximate surface area is 232 Å². The monoisotopic (exact) mass is 551 g/mol. The molecular weight excluding hydrogens is 526 g/mol. The number of anilines is 1. The molecule has 0 atom stereocenters. The molecule has 0 aliphatic rings. The predicted octanol–water partition coefficient (Wildman–Crippen LogP) is 5.81. The van der Waals surface area contributed by atoms with Gasteiger partial charge in [-0.2, -0.15) is 4.31 Å². The molecule has 0 radical (unpaired) electrons. The largest absolute Gasteiger partial charge is 0.422 e. The Morgan fingerprint density at radius 1 is 0.725 bits per heavy atom. The molecule has 0 bridgehead atoms.